The average Bonchev–Trinajstić information content (AvgIpc) is 3.22. The van der Waals surface area contributed by atoms with E-state index < -0.39 is 0 Å². The van der Waals surface area contributed by atoms with Crippen LogP contribution in [-0.2, 0) is 13.0 Å². The lowest BCUT2D eigenvalue weighted by molar-refractivity contribution is 0.0953. The third-order valence-electron chi connectivity index (χ3n) is 5.75. The number of nitrogens with one attached hydrogen (secondary N) is 1. The number of unbranched alkanes of at least 4 members (excludes halogenated alkanes) is 2. The van der Waals surface area contributed by atoms with Gasteiger partial charge in [-0.3, -0.25) is 4.79 Å². The van der Waals surface area contributed by atoms with Crippen LogP contribution in [0.1, 0.15) is 41.9 Å². The van der Waals surface area contributed by atoms with Crippen LogP contribution in [0.15, 0.2) is 78.9 Å². The maximum atomic E-state index is 12.3. The van der Waals surface area contributed by atoms with E-state index in [9.17, 15) is 4.79 Å². The molecule has 176 valence electrons. The summed E-state index contributed by atoms with van der Waals surface area (Å²) in [5, 5.41) is 3.44. The molecule has 1 amide bonds. The number of carbonyl (C=O) groups excluding carboxylic acids is 1. The standard InChI is InChI=1S/C28H30ClN3O2/c29-24-15-7-6-14-23(24)28(33)30-19-10-2-5-18-27-31-25-16-8-9-17-26(25)32(27)20-11-21-34-22-12-3-1-4-13-22/h1,3-4,6-9,12-17H,2,5,10-11,18-21H2,(H,30,33). The molecule has 1 heterocycles. The molecule has 0 saturated carbocycles. The van der Waals surface area contributed by atoms with E-state index in [1.807, 2.05) is 48.5 Å². The van der Waals surface area contributed by atoms with E-state index in [4.69, 9.17) is 21.3 Å². The number of amides is 1. The summed E-state index contributed by atoms with van der Waals surface area (Å²) in [5.74, 6) is 1.89. The molecule has 4 aromatic rings. The van der Waals surface area contributed by atoms with Crippen molar-refractivity contribution in [2.75, 3.05) is 13.2 Å². The van der Waals surface area contributed by atoms with Gasteiger partial charge < -0.3 is 14.6 Å². The Kier molecular flexibility index (Phi) is 8.58. The lowest BCUT2D eigenvalue weighted by Gasteiger charge is -2.11. The number of hydrogen-bond donors (Lipinski definition) is 1. The minimum Gasteiger partial charge on any atom is -0.494 e. The highest BCUT2D eigenvalue weighted by Crippen LogP contribution is 2.19. The summed E-state index contributed by atoms with van der Waals surface area (Å²) in [6, 6.07) is 25.3. The molecule has 34 heavy (non-hydrogen) atoms. The molecule has 1 aromatic heterocycles. The summed E-state index contributed by atoms with van der Waals surface area (Å²) < 4.78 is 8.19. The lowest BCUT2D eigenvalue weighted by Crippen LogP contribution is -2.24. The number of fused-ring (bicyclic) bond motifs is 1. The predicted octanol–water partition coefficient (Wildman–Crippen LogP) is 6.30. The van der Waals surface area contributed by atoms with Crippen molar-refractivity contribution in [2.45, 2.75) is 38.6 Å². The number of carbonyl (C=O) groups is 1. The Hall–Kier alpha value is -3.31. The molecule has 0 unspecified atom stereocenters. The summed E-state index contributed by atoms with van der Waals surface area (Å²) >= 11 is 6.10. The third-order valence-corrected chi connectivity index (χ3v) is 6.08. The molecular formula is C28H30ClN3O2. The minimum absolute atomic E-state index is 0.120. The first-order valence-electron chi connectivity index (χ1n) is 11.9. The number of aryl methyl sites for hydroxylation is 2. The van der Waals surface area contributed by atoms with E-state index in [0.717, 1.165) is 55.7 Å². The van der Waals surface area contributed by atoms with Gasteiger partial charge in [0.25, 0.3) is 5.91 Å². The second-order valence-electron chi connectivity index (χ2n) is 8.23. The molecule has 0 aliphatic rings. The van der Waals surface area contributed by atoms with Crippen LogP contribution in [0, 0.1) is 0 Å². The summed E-state index contributed by atoms with van der Waals surface area (Å²) in [6.07, 6.45) is 4.78. The van der Waals surface area contributed by atoms with Gasteiger partial charge in [-0.05, 0) is 55.7 Å². The number of para-hydroxylation sites is 3. The predicted molar refractivity (Wildman–Crippen MR) is 138 cm³/mol. The van der Waals surface area contributed by atoms with Crippen molar-refractivity contribution in [3.8, 4) is 5.75 Å². The van der Waals surface area contributed by atoms with E-state index >= 15 is 0 Å². The van der Waals surface area contributed by atoms with Crippen molar-refractivity contribution in [1.29, 1.82) is 0 Å². The van der Waals surface area contributed by atoms with Crippen LogP contribution in [0.4, 0.5) is 0 Å². The highest BCUT2D eigenvalue weighted by atomic mass is 35.5. The van der Waals surface area contributed by atoms with E-state index in [1.54, 1.807) is 12.1 Å². The second kappa shape index (κ2) is 12.2. The Balaban J connectivity index is 1.24. The van der Waals surface area contributed by atoms with Crippen molar-refractivity contribution in [2.24, 2.45) is 0 Å². The summed E-state index contributed by atoms with van der Waals surface area (Å²) in [6.45, 7) is 2.18. The van der Waals surface area contributed by atoms with Gasteiger partial charge in [-0.1, -0.05) is 60.5 Å². The molecule has 5 nitrogen and oxygen atoms in total. The largest absolute Gasteiger partial charge is 0.494 e. The molecule has 1 N–H and O–H groups in total. The zero-order valence-electron chi connectivity index (χ0n) is 19.3. The monoisotopic (exact) mass is 475 g/mol. The zero-order valence-corrected chi connectivity index (χ0v) is 20.0. The number of aromatic nitrogens is 2. The topological polar surface area (TPSA) is 56.2 Å². The number of hydrogen-bond acceptors (Lipinski definition) is 3. The summed E-state index contributed by atoms with van der Waals surface area (Å²) in [4.78, 5) is 17.1. The molecule has 0 radical (unpaired) electrons. The fourth-order valence-electron chi connectivity index (χ4n) is 4.02. The number of nitrogens with zero attached hydrogens (tertiary/aromatic N) is 2. The smallest absolute Gasteiger partial charge is 0.252 e. The number of imidazole rings is 1. The van der Waals surface area contributed by atoms with Gasteiger partial charge in [0.1, 0.15) is 11.6 Å². The Bertz CT molecular complexity index is 1210. The Morgan fingerprint density at radius 1 is 0.882 bits per heavy atom. The normalized spacial score (nSPS) is 11.0. The molecule has 6 heteroatoms. The van der Waals surface area contributed by atoms with E-state index in [0.29, 0.717) is 23.7 Å². The van der Waals surface area contributed by atoms with E-state index in [1.165, 1.54) is 5.52 Å². The van der Waals surface area contributed by atoms with Gasteiger partial charge >= 0.3 is 0 Å². The third kappa shape index (κ3) is 6.39. The van der Waals surface area contributed by atoms with Gasteiger partial charge in [0.2, 0.25) is 0 Å². The highest BCUT2D eigenvalue weighted by molar-refractivity contribution is 6.33. The van der Waals surface area contributed by atoms with Crippen molar-refractivity contribution in [3.63, 3.8) is 0 Å². The molecule has 4 rings (SSSR count). The Labute approximate surface area is 205 Å². The molecule has 0 bridgehead atoms. The molecule has 0 spiro atoms. The molecule has 3 aromatic carbocycles. The SMILES string of the molecule is O=C(NCCCCCc1nc2ccccc2n1CCCOc1ccccc1)c1ccccc1Cl. The van der Waals surface area contributed by atoms with Gasteiger partial charge in [0, 0.05) is 19.5 Å². The number of benzene rings is 3. The Morgan fingerprint density at radius 2 is 1.65 bits per heavy atom. The molecule has 0 aliphatic heterocycles. The molecule has 0 aliphatic carbocycles. The first-order valence-corrected chi connectivity index (χ1v) is 12.2. The lowest BCUT2D eigenvalue weighted by atomic mass is 10.1. The first-order chi connectivity index (χ1) is 16.7. The van der Waals surface area contributed by atoms with Crippen LogP contribution in [-0.4, -0.2) is 28.6 Å². The highest BCUT2D eigenvalue weighted by Gasteiger charge is 2.11. The average molecular weight is 476 g/mol. The molecule has 0 atom stereocenters. The van der Waals surface area contributed by atoms with Gasteiger partial charge in [-0.25, -0.2) is 4.98 Å². The van der Waals surface area contributed by atoms with Crippen LogP contribution < -0.4 is 10.1 Å². The summed E-state index contributed by atoms with van der Waals surface area (Å²) in [7, 11) is 0. The molecule has 0 fully saturated rings. The van der Waals surface area contributed by atoms with Crippen LogP contribution in [0.2, 0.25) is 5.02 Å². The van der Waals surface area contributed by atoms with Crippen LogP contribution >= 0.6 is 11.6 Å². The van der Waals surface area contributed by atoms with Crippen LogP contribution in [0.25, 0.3) is 11.0 Å². The number of rotatable bonds is 12. The fourth-order valence-corrected chi connectivity index (χ4v) is 4.24. The zero-order chi connectivity index (χ0) is 23.6. The quantitative estimate of drug-likeness (QED) is 0.244. The maximum Gasteiger partial charge on any atom is 0.252 e. The number of ether oxygens (including phenoxy) is 1. The minimum atomic E-state index is -0.120. The molecule has 0 saturated heterocycles. The Morgan fingerprint density at radius 3 is 2.50 bits per heavy atom. The van der Waals surface area contributed by atoms with Crippen molar-refractivity contribution in [1.82, 2.24) is 14.9 Å². The first kappa shape index (κ1) is 23.8. The van der Waals surface area contributed by atoms with Crippen molar-refractivity contribution < 1.29 is 9.53 Å². The van der Waals surface area contributed by atoms with Gasteiger partial charge in [-0.2, -0.15) is 0 Å². The van der Waals surface area contributed by atoms with Crippen molar-refractivity contribution in [3.05, 3.63) is 95.3 Å². The van der Waals surface area contributed by atoms with Gasteiger partial charge in [0.15, 0.2) is 0 Å². The maximum absolute atomic E-state index is 12.3. The van der Waals surface area contributed by atoms with Crippen LogP contribution in [0.3, 0.4) is 0 Å². The van der Waals surface area contributed by atoms with Crippen molar-refractivity contribution >= 4 is 28.5 Å². The van der Waals surface area contributed by atoms with Gasteiger partial charge in [-0.15, -0.1) is 0 Å². The van der Waals surface area contributed by atoms with Gasteiger partial charge in [0.05, 0.1) is 28.2 Å². The summed E-state index contributed by atoms with van der Waals surface area (Å²) in [5.41, 5.74) is 2.73. The number of halogens is 1. The molecular weight excluding hydrogens is 446 g/mol. The van der Waals surface area contributed by atoms with E-state index in [2.05, 4.69) is 28.1 Å². The van der Waals surface area contributed by atoms with E-state index in [-0.39, 0.29) is 5.91 Å². The fraction of sp³-hybridized carbons (Fsp3) is 0.286. The second-order valence-corrected chi connectivity index (χ2v) is 8.64. The van der Waals surface area contributed by atoms with Crippen LogP contribution in [0.5, 0.6) is 5.75 Å².